The van der Waals surface area contributed by atoms with Crippen molar-refractivity contribution < 1.29 is 0 Å². The van der Waals surface area contributed by atoms with Gasteiger partial charge in [0.25, 0.3) is 0 Å². The summed E-state index contributed by atoms with van der Waals surface area (Å²) in [5, 5.41) is 17.4. The highest BCUT2D eigenvalue weighted by atomic mass is 32.1. The molecule has 0 aliphatic heterocycles. The van der Waals surface area contributed by atoms with Gasteiger partial charge in [-0.05, 0) is 49.3 Å². The molecule has 3 rings (SSSR count). The van der Waals surface area contributed by atoms with Gasteiger partial charge >= 0.3 is 0 Å². The molecule has 0 aromatic carbocycles. The molecule has 1 atom stereocenters. The zero-order valence-corrected chi connectivity index (χ0v) is 16.9. The number of hydrogen-bond donors (Lipinski definition) is 2. The third-order valence-corrected chi connectivity index (χ3v) is 5.19. The van der Waals surface area contributed by atoms with Crippen molar-refractivity contribution in [1.29, 1.82) is 0 Å². The molecule has 0 fully saturated rings. The van der Waals surface area contributed by atoms with E-state index in [-0.39, 0.29) is 0 Å². The quantitative estimate of drug-likeness (QED) is 0.338. The number of aryl methyl sites for hydroxylation is 1. The first-order chi connectivity index (χ1) is 13.3. The standard InChI is InChI=1S/C20H28N6S/c1-3-21-20(23-15-16(2)14-17-8-7-13-27-17)22-11-6-10-19-25-24-18-9-4-5-12-26(18)19/h4-5,7-9,12-13,16H,3,6,10-11,14-15H2,1-2H3,(H2,21,22,23). The van der Waals surface area contributed by atoms with Crippen LogP contribution in [-0.2, 0) is 12.8 Å². The van der Waals surface area contributed by atoms with Crippen molar-refractivity contribution in [2.24, 2.45) is 10.9 Å². The van der Waals surface area contributed by atoms with Crippen LogP contribution in [0.5, 0.6) is 0 Å². The van der Waals surface area contributed by atoms with Crippen LogP contribution in [0.15, 0.2) is 46.9 Å². The SMILES string of the molecule is CCNC(=NCC(C)Cc1cccs1)NCCCc1nnc2ccccn12. The Hall–Kier alpha value is -2.41. The number of rotatable bonds is 9. The Morgan fingerprint density at radius 3 is 2.96 bits per heavy atom. The number of nitrogens with zero attached hydrogens (tertiary/aromatic N) is 4. The van der Waals surface area contributed by atoms with Crippen molar-refractivity contribution in [3.05, 3.63) is 52.6 Å². The third kappa shape index (κ3) is 5.79. The van der Waals surface area contributed by atoms with Crippen LogP contribution in [-0.4, -0.2) is 40.2 Å². The predicted octanol–water partition coefficient (Wildman–Crippen LogP) is 3.16. The predicted molar refractivity (Wildman–Crippen MR) is 112 cm³/mol. The fourth-order valence-electron chi connectivity index (χ4n) is 2.94. The Morgan fingerprint density at radius 2 is 2.15 bits per heavy atom. The van der Waals surface area contributed by atoms with Crippen molar-refractivity contribution in [3.63, 3.8) is 0 Å². The highest BCUT2D eigenvalue weighted by molar-refractivity contribution is 7.09. The second-order valence-electron chi connectivity index (χ2n) is 6.68. The molecule has 0 aliphatic rings. The number of fused-ring (bicyclic) bond motifs is 1. The van der Waals surface area contributed by atoms with Crippen LogP contribution in [0.4, 0.5) is 0 Å². The van der Waals surface area contributed by atoms with E-state index in [2.05, 4.69) is 52.2 Å². The van der Waals surface area contributed by atoms with Crippen LogP contribution in [0.1, 0.15) is 31.0 Å². The number of pyridine rings is 1. The maximum atomic E-state index is 4.74. The average molecular weight is 385 g/mol. The van der Waals surface area contributed by atoms with Crippen molar-refractivity contribution in [3.8, 4) is 0 Å². The summed E-state index contributed by atoms with van der Waals surface area (Å²) in [7, 11) is 0. The molecule has 0 saturated heterocycles. The average Bonchev–Trinajstić information content (AvgIpc) is 3.33. The molecule has 1 unspecified atom stereocenters. The maximum Gasteiger partial charge on any atom is 0.191 e. The normalized spacial score (nSPS) is 13.0. The molecule has 0 saturated carbocycles. The fourth-order valence-corrected chi connectivity index (χ4v) is 3.81. The van der Waals surface area contributed by atoms with Gasteiger partial charge in [-0.1, -0.05) is 19.1 Å². The molecule has 2 N–H and O–H groups in total. The molecular weight excluding hydrogens is 356 g/mol. The lowest BCUT2D eigenvalue weighted by molar-refractivity contribution is 0.594. The van der Waals surface area contributed by atoms with E-state index in [4.69, 9.17) is 4.99 Å². The van der Waals surface area contributed by atoms with E-state index >= 15 is 0 Å². The first-order valence-corrected chi connectivity index (χ1v) is 10.5. The number of guanidine groups is 1. The van der Waals surface area contributed by atoms with Crippen molar-refractivity contribution in [1.82, 2.24) is 25.2 Å². The van der Waals surface area contributed by atoms with Gasteiger partial charge in [0.1, 0.15) is 5.82 Å². The van der Waals surface area contributed by atoms with Gasteiger partial charge in [0, 0.05) is 37.1 Å². The highest BCUT2D eigenvalue weighted by Gasteiger charge is 2.06. The zero-order valence-electron chi connectivity index (χ0n) is 16.1. The third-order valence-electron chi connectivity index (χ3n) is 4.29. The molecule has 0 aliphatic carbocycles. The molecule has 3 heterocycles. The van der Waals surface area contributed by atoms with E-state index in [0.717, 1.165) is 56.3 Å². The zero-order chi connectivity index (χ0) is 18.9. The number of aliphatic imine (C=N–C) groups is 1. The van der Waals surface area contributed by atoms with Crippen LogP contribution < -0.4 is 10.6 Å². The van der Waals surface area contributed by atoms with Gasteiger partial charge in [0.2, 0.25) is 0 Å². The topological polar surface area (TPSA) is 66.6 Å². The Morgan fingerprint density at radius 1 is 1.22 bits per heavy atom. The Balaban J connectivity index is 1.44. The molecule has 0 spiro atoms. The van der Waals surface area contributed by atoms with Crippen LogP contribution in [0.2, 0.25) is 0 Å². The lowest BCUT2D eigenvalue weighted by Gasteiger charge is -2.13. The van der Waals surface area contributed by atoms with E-state index in [9.17, 15) is 0 Å². The monoisotopic (exact) mass is 384 g/mol. The summed E-state index contributed by atoms with van der Waals surface area (Å²) >= 11 is 1.82. The molecular formula is C20H28N6S. The van der Waals surface area contributed by atoms with Crippen LogP contribution >= 0.6 is 11.3 Å². The Labute approximate surface area is 164 Å². The maximum absolute atomic E-state index is 4.74. The molecule has 6 nitrogen and oxygen atoms in total. The minimum atomic E-state index is 0.529. The van der Waals surface area contributed by atoms with Gasteiger partial charge in [-0.3, -0.25) is 9.39 Å². The van der Waals surface area contributed by atoms with E-state index in [1.54, 1.807) is 0 Å². The highest BCUT2D eigenvalue weighted by Crippen LogP contribution is 2.14. The number of nitrogens with one attached hydrogen (secondary N) is 2. The first kappa shape index (κ1) is 19.4. The molecule has 7 heteroatoms. The number of hydrogen-bond acceptors (Lipinski definition) is 4. The lowest BCUT2D eigenvalue weighted by atomic mass is 10.1. The van der Waals surface area contributed by atoms with Gasteiger partial charge in [-0.2, -0.15) is 0 Å². The summed E-state index contributed by atoms with van der Waals surface area (Å²) < 4.78 is 2.05. The summed E-state index contributed by atoms with van der Waals surface area (Å²) in [5.41, 5.74) is 0.898. The first-order valence-electron chi connectivity index (χ1n) is 9.59. The van der Waals surface area contributed by atoms with Crippen LogP contribution in [0, 0.1) is 5.92 Å². The van der Waals surface area contributed by atoms with Crippen molar-refractivity contribution in [2.45, 2.75) is 33.1 Å². The summed E-state index contributed by atoms with van der Waals surface area (Å²) in [5.74, 6) is 2.42. The van der Waals surface area contributed by atoms with E-state index in [0.29, 0.717) is 5.92 Å². The largest absolute Gasteiger partial charge is 0.357 e. The molecule has 0 amide bonds. The Kier molecular flexibility index (Phi) is 7.21. The number of thiophene rings is 1. The van der Waals surface area contributed by atoms with Gasteiger partial charge in [0.15, 0.2) is 11.6 Å². The Bertz CT molecular complexity index is 839. The number of aromatic nitrogens is 3. The van der Waals surface area contributed by atoms with Gasteiger partial charge in [-0.25, -0.2) is 0 Å². The summed E-state index contributed by atoms with van der Waals surface area (Å²) in [6, 6.07) is 10.3. The minimum Gasteiger partial charge on any atom is -0.357 e. The second kappa shape index (κ2) is 10.1. The van der Waals surface area contributed by atoms with Gasteiger partial charge in [0.05, 0.1) is 0 Å². The lowest BCUT2D eigenvalue weighted by Crippen LogP contribution is -2.38. The summed E-state index contributed by atoms with van der Waals surface area (Å²) in [6.45, 7) is 6.88. The molecule has 3 aromatic rings. The smallest absolute Gasteiger partial charge is 0.191 e. The van der Waals surface area contributed by atoms with Crippen molar-refractivity contribution in [2.75, 3.05) is 19.6 Å². The molecule has 144 valence electrons. The van der Waals surface area contributed by atoms with Crippen molar-refractivity contribution >= 4 is 22.9 Å². The second-order valence-corrected chi connectivity index (χ2v) is 7.72. The van der Waals surface area contributed by atoms with E-state index < -0.39 is 0 Å². The van der Waals surface area contributed by atoms with E-state index in [1.807, 2.05) is 40.1 Å². The molecule has 0 bridgehead atoms. The summed E-state index contributed by atoms with van der Waals surface area (Å²) in [4.78, 5) is 6.17. The van der Waals surface area contributed by atoms with Crippen LogP contribution in [0.25, 0.3) is 5.65 Å². The van der Waals surface area contributed by atoms with Crippen LogP contribution in [0.3, 0.4) is 0 Å². The minimum absolute atomic E-state index is 0.529. The van der Waals surface area contributed by atoms with Gasteiger partial charge in [-0.15, -0.1) is 21.5 Å². The van der Waals surface area contributed by atoms with Gasteiger partial charge < -0.3 is 10.6 Å². The molecule has 3 aromatic heterocycles. The molecule has 27 heavy (non-hydrogen) atoms. The summed E-state index contributed by atoms with van der Waals surface area (Å²) in [6.07, 6.45) is 4.95. The fraction of sp³-hybridized carbons (Fsp3) is 0.450. The molecule has 0 radical (unpaired) electrons. The van der Waals surface area contributed by atoms with E-state index in [1.165, 1.54) is 4.88 Å².